The minimum Gasteiger partial charge on any atom is -0.478 e. The topological polar surface area (TPSA) is 71.5 Å². The average molecular weight is 415 g/mol. The van der Waals surface area contributed by atoms with Crippen molar-refractivity contribution in [1.82, 2.24) is 4.98 Å². The molecule has 1 fully saturated rings. The van der Waals surface area contributed by atoms with E-state index in [2.05, 4.69) is 15.0 Å². The summed E-state index contributed by atoms with van der Waals surface area (Å²) in [4.78, 5) is 15.9. The maximum absolute atomic E-state index is 12.4. The second kappa shape index (κ2) is 7.50. The molecule has 0 unspecified atom stereocenters. The number of anilines is 2. The highest BCUT2D eigenvalue weighted by Gasteiger charge is 2.38. The van der Waals surface area contributed by atoms with Crippen LogP contribution in [0.15, 0.2) is 30.5 Å². The fourth-order valence-corrected chi connectivity index (χ4v) is 4.24. The first-order valence-electron chi connectivity index (χ1n) is 8.71. The largest absolute Gasteiger partial charge is 0.573 e. The molecular formula is C19H18ClF3N2O3. The van der Waals surface area contributed by atoms with Crippen LogP contribution >= 0.6 is 12.4 Å². The molecule has 0 atom stereocenters. The lowest BCUT2D eigenvalue weighted by Crippen LogP contribution is -2.26. The number of nitrogens with zero attached hydrogens (tertiary/aromatic N) is 1. The number of halogens is 4. The quantitative estimate of drug-likeness (QED) is 0.681. The van der Waals surface area contributed by atoms with E-state index in [0.717, 1.165) is 36.8 Å². The average Bonchev–Trinajstić information content (AvgIpc) is 2.61. The lowest BCUT2D eigenvalue weighted by molar-refractivity contribution is -0.274. The molecule has 0 radical (unpaired) electrons. The number of alkyl halides is 3. The number of aromatic carboxylic acids is 1. The first-order chi connectivity index (χ1) is 12.8. The zero-order valence-corrected chi connectivity index (χ0v) is 15.4. The zero-order chi connectivity index (χ0) is 19.2. The third-order valence-electron chi connectivity index (χ3n) is 5.26. The Kier molecular flexibility index (Phi) is 5.43. The second-order valence-electron chi connectivity index (χ2n) is 6.90. The Morgan fingerprint density at radius 1 is 1.14 bits per heavy atom. The van der Waals surface area contributed by atoms with Gasteiger partial charge in [0.1, 0.15) is 11.6 Å². The molecule has 2 bridgehead atoms. The number of ether oxygens (including phenoxy) is 1. The molecule has 5 rings (SSSR count). The summed E-state index contributed by atoms with van der Waals surface area (Å²) in [6, 6.07) is 5.53. The third kappa shape index (κ3) is 3.87. The van der Waals surface area contributed by atoms with Crippen molar-refractivity contribution in [2.75, 3.05) is 5.32 Å². The van der Waals surface area contributed by atoms with Gasteiger partial charge in [-0.05, 0) is 55.2 Å². The number of nitrogens with one attached hydrogen (secondary N) is 1. The first-order valence-corrected chi connectivity index (χ1v) is 8.71. The van der Waals surface area contributed by atoms with Crippen molar-refractivity contribution in [2.24, 2.45) is 0 Å². The number of hydrogen-bond donors (Lipinski definition) is 2. The fourth-order valence-electron chi connectivity index (χ4n) is 4.24. The highest BCUT2D eigenvalue weighted by Crippen LogP contribution is 2.52. The molecule has 2 aromatic rings. The van der Waals surface area contributed by atoms with Gasteiger partial charge in [0.05, 0.1) is 5.56 Å². The zero-order valence-electron chi connectivity index (χ0n) is 14.6. The molecule has 0 amide bonds. The summed E-state index contributed by atoms with van der Waals surface area (Å²) in [5.74, 6) is -0.412. The minimum atomic E-state index is -4.77. The number of carboxylic acid groups (broad SMARTS) is 1. The maximum atomic E-state index is 12.4. The molecule has 0 aliphatic heterocycles. The Hall–Kier alpha value is -2.48. The summed E-state index contributed by atoms with van der Waals surface area (Å²) < 4.78 is 41.3. The number of rotatable bonds is 4. The summed E-state index contributed by atoms with van der Waals surface area (Å²) in [6.45, 7) is 0. The molecule has 9 heteroatoms. The lowest BCUT2D eigenvalue weighted by Gasteiger charge is -2.39. The van der Waals surface area contributed by atoms with E-state index in [0.29, 0.717) is 11.5 Å². The van der Waals surface area contributed by atoms with Gasteiger partial charge in [0.2, 0.25) is 0 Å². The first kappa shape index (κ1) is 20.3. The molecule has 3 aliphatic carbocycles. The summed E-state index contributed by atoms with van der Waals surface area (Å²) in [6.07, 6.45) is 0.411. The van der Waals surface area contributed by atoms with Gasteiger partial charge >= 0.3 is 12.3 Å². The molecule has 3 aliphatic rings. The van der Waals surface area contributed by atoms with Gasteiger partial charge in [-0.2, -0.15) is 0 Å². The minimum absolute atomic E-state index is 0. The van der Waals surface area contributed by atoms with Crippen LogP contribution in [0.3, 0.4) is 0 Å². The lowest BCUT2D eigenvalue weighted by atomic mass is 9.66. The molecule has 1 aromatic carbocycles. The summed E-state index contributed by atoms with van der Waals surface area (Å²) in [5, 5.41) is 12.6. The van der Waals surface area contributed by atoms with Crippen LogP contribution in [-0.2, 0) is 0 Å². The van der Waals surface area contributed by atoms with Crippen LogP contribution < -0.4 is 10.1 Å². The number of carboxylic acids is 1. The van der Waals surface area contributed by atoms with Gasteiger partial charge in [0.25, 0.3) is 0 Å². The number of aromatic nitrogens is 1. The number of benzene rings is 1. The molecule has 1 heterocycles. The van der Waals surface area contributed by atoms with Gasteiger partial charge in [-0.15, -0.1) is 25.6 Å². The number of pyridine rings is 1. The van der Waals surface area contributed by atoms with Gasteiger partial charge in [0, 0.05) is 23.5 Å². The Morgan fingerprint density at radius 2 is 1.79 bits per heavy atom. The van der Waals surface area contributed by atoms with Crippen molar-refractivity contribution in [3.05, 3.63) is 47.2 Å². The van der Waals surface area contributed by atoms with Gasteiger partial charge in [-0.25, -0.2) is 9.78 Å². The second-order valence-corrected chi connectivity index (χ2v) is 6.90. The van der Waals surface area contributed by atoms with E-state index in [9.17, 15) is 23.1 Å². The Morgan fingerprint density at radius 3 is 2.39 bits per heavy atom. The van der Waals surface area contributed by atoms with Crippen LogP contribution in [0.25, 0.3) is 0 Å². The predicted octanol–water partition coefficient (Wildman–Crippen LogP) is 5.60. The van der Waals surface area contributed by atoms with Crippen molar-refractivity contribution >= 4 is 29.9 Å². The van der Waals surface area contributed by atoms with Gasteiger partial charge < -0.3 is 15.2 Å². The smallest absolute Gasteiger partial charge is 0.478 e. The summed E-state index contributed by atoms with van der Waals surface area (Å²) in [7, 11) is 0. The van der Waals surface area contributed by atoms with E-state index < -0.39 is 12.3 Å². The third-order valence-corrected chi connectivity index (χ3v) is 5.26. The van der Waals surface area contributed by atoms with Crippen LogP contribution in [0.5, 0.6) is 5.75 Å². The van der Waals surface area contributed by atoms with E-state index >= 15 is 0 Å². The van der Waals surface area contributed by atoms with E-state index in [1.807, 2.05) is 0 Å². The monoisotopic (exact) mass is 414 g/mol. The Balaban J connectivity index is 0.00000225. The van der Waals surface area contributed by atoms with Crippen molar-refractivity contribution in [1.29, 1.82) is 0 Å². The molecule has 0 spiro atoms. The van der Waals surface area contributed by atoms with Gasteiger partial charge in [-0.3, -0.25) is 0 Å². The summed E-state index contributed by atoms with van der Waals surface area (Å²) >= 11 is 0. The predicted molar refractivity (Wildman–Crippen MR) is 98.8 cm³/mol. The van der Waals surface area contributed by atoms with Crippen molar-refractivity contribution in [2.45, 2.75) is 43.9 Å². The fraction of sp³-hybridized carbons (Fsp3) is 0.368. The molecule has 2 N–H and O–H groups in total. The highest BCUT2D eigenvalue weighted by molar-refractivity contribution is 5.91. The SMILES string of the molecule is Cl.O=C(O)c1cnc(Nc2cccc(OC(F)(F)F)c2)c2c1C1CCC2CC1. The molecule has 5 nitrogen and oxygen atoms in total. The van der Waals surface area contributed by atoms with Crippen molar-refractivity contribution in [3.8, 4) is 5.75 Å². The van der Waals surface area contributed by atoms with Crippen molar-refractivity contribution in [3.63, 3.8) is 0 Å². The van der Waals surface area contributed by atoms with Crippen LogP contribution in [0.1, 0.15) is 59.0 Å². The Labute approximate surface area is 165 Å². The van der Waals surface area contributed by atoms with Crippen LogP contribution in [0.2, 0.25) is 0 Å². The van der Waals surface area contributed by atoms with E-state index in [-0.39, 0.29) is 35.6 Å². The van der Waals surface area contributed by atoms with Crippen LogP contribution in [0, 0.1) is 0 Å². The molecule has 0 saturated heterocycles. The summed E-state index contributed by atoms with van der Waals surface area (Å²) in [5.41, 5.74) is 2.33. The van der Waals surface area contributed by atoms with Gasteiger partial charge in [-0.1, -0.05) is 6.07 Å². The standard InChI is InChI=1S/C19H17F3N2O3.ClH/c20-19(21,22)27-13-3-1-2-12(8-13)24-17-16-11-6-4-10(5-7-11)15(16)14(9-23-17)18(25)26;/h1-3,8-11H,4-7H2,(H,23,24)(H,25,26);1H. The van der Waals surface area contributed by atoms with E-state index in [1.54, 1.807) is 6.07 Å². The number of hydrogen-bond acceptors (Lipinski definition) is 4. The normalized spacial score (nSPS) is 20.1. The van der Waals surface area contributed by atoms with E-state index in [4.69, 9.17) is 0 Å². The van der Waals surface area contributed by atoms with E-state index in [1.165, 1.54) is 24.4 Å². The molecular weight excluding hydrogens is 397 g/mol. The maximum Gasteiger partial charge on any atom is 0.573 e. The molecule has 1 saturated carbocycles. The molecule has 150 valence electrons. The Bertz CT molecular complexity index is 896. The van der Waals surface area contributed by atoms with Crippen LogP contribution in [0.4, 0.5) is 24.7 Å². The number of carbonyl (C=O) groups is 1. The molecule has 28 heavy (non-hydrogen) atoms. The van der Waals surface area contributed by atoms with Crippen LogP contribution in [-0.4, -0.2) is 22.4 Å². The molecule has 1 aromatic heterocycles. The van der Waals surface area contributed by atoms with Gasteiger partial charge in [0.15, 0.2) is 0 Å². The highest BCUT2D eigenvalue weighted by atomic mass is 35.5. The number of fused-ring (bicyclic) bond motifs is 2. The van der Waals surface area contributed by atoms with Crippen molar-refractivity contribution < 1.29 is 27.8 Å².